The molecule has 146 valence electrons. The maximum Gasteiger partial charge on any atom is 0.192 e. The molecular formula is C20H20ClN3O3S. The molecule has 0 N–H and O–H groups in total. The summed E-state index contributed by atoms with van der Waals surface area (Å²) in [5, 5.41) is 10.1. The summed E-state index contributed by atoms with van der Waals surface area (Å²) >= 11 is 7.99. The van der Waals surface area contributed by atoms with Gasteiger partial charge in [0.15, 0.2) is 22.5 Å². The molecule has 0 unspecified atom stereocenters. The fourth-order valence-corrected chi connectivity index (χ4v) is 4.19. The summed E-state index contributed by atoms with van der Waals surface area (Å²) in [6.07, 6.45) is 4.33. The average molecular weight is 418 g/mol. The van der Waals surface area contributed by atoms with Crippen LogP contribution in [-0.4, -0.2) is 28.0 Å². The highest BCUT2D eigenvalue weighted by molar-refractivity contribution is 7.98. The summed E-state index contributed by atoms with van der Waals surface area (Å²) in [7, 11) is 0. The van der Waals surface area contributed by atoms with Gasteiger partial charge in [-0.25, -0.2) is 0 Å². The van der Waals surface area contributed by atoms with E-state index in [9.17, 15) is 0 Å². The van der Waals surface area contributed by atoms with Crippen molar-refractivity contribution in [2.45, 2.75) is 30.8 Å². The molecule has 0 spiro atoms. The van der Waals surface area contributed by atoms with Crippen LogP contribution in [0.2, 0.25) is 5.02 Å². The van der Waals surface area contributed by atoms with Crippen molar-refractivity contribution in [2.75, 3.05) is 13.2 Å². The van der Waals surface area contributed by atoms with Crippen LogP contribution >= 0.6 is 23.4 Å². The van der Waals surface area contributed by atoms with E-state index in [0.717, 1.165) is 34.3 Å². The zero-order chi connectivity index (χ0) is 19.5. The Hall–Kier alpha value is -2.38. The van der Waals surface area contributed by atoms with Crippen molar-refractivity contribution < 1.29 is 13.9 Å². The molecule has 4 rings (SSSR count). The first-order valence-corrected chi connectivity index (χ1v) is 10.3. The van der Waals surface area contributed by atoms with Crippen LogP contribution in [0.25, 0.3) is 11.4 Å². The maximum absolute atomic E-state index is 6.40. The smallest absolute Gasteiger partial charge is 0.192 e. The number of benzene rings is 1. The van der Waals surface area contributed by atoms with E-state index in [1.165, 1.54) is 0 Å². The minimum absolute atomic E-state index is 0.567. The predicted molar refractivity (Wildman–Crippen MR) is 109 cm³/mol. The van der Waals surface area contributed by atoms with Crippen molar-refractivity contribution in [3.05, 3.63) is 53.5 Å². The molecule has 1 aliphatic rings. The Balaban J connectivity index is 1.58. The third-order valence-corrected chi connectivity index (χ3v) is 5.68. The Morgan fingerprint density at radius 1 is 1.29 bits per heavy atom. The van der Waals surface area contributed by atoms with Gasteiger partial charge in [-0.1, -0.05) is 29.4 Å². The van der Waals surface area contributed by atoms with Crippen molar-refractivity contribution in [1.82, 2.24) is 14.8 Å². The third-order valence-electron chi connectivity index (χ3n) is 4.36. The summed E-state index contributed by atoms with van der Waals surface area (Å²) in [4.78, 5) is 0. The second-order valence-corrected chi connectivity index (χ2v) is 7.69. The predicted octanol–water partition coefficient (Wildman–Crippen LogP) is 5.14. The van der Waals surface area contributed by atoms with Crippen LogP contribution in [0.1, 0.15) is 17.7 Å². The van der Waals surface area contributed by atoms with E-state index < -0.39 is 0 Å². The molecule has 3 aromatic rings. The number of hydrogen-bond acceptors (Lipinski definition) is 6. The first kappa shape index (κ1) is 19.0. The molecule has 6 nitrogen and oxygen atoms in total. The van der Waals surface area contributed by atoms with Gasteiger partial charge in [0.2, 0.25) is 0 Å². The number of nitrogens with zero attached hydrogens (tertiary/aromatic N) is 3. The molecule has 0 bridgehead atoms. The van der Waals surface area contributed by atoms with E-state index >= 15 is 0 Å². The number of ether oxygens (including phenoxy) is 2. The molecule has 2 aromatic heterocycles. The van der Waals surface area contributed by atoms with Crippen molar-refractivity contribution >= 4 is 23.4 Å². The van der Waals surface area contributed by atoms with E-state index in [4.69, 9.17) is 25.5 Å². The standard InChI is InChI=1S/C20H20ClN3O3S/c1-3-6-24-19(15-5-9-25-13(15)2)22-23-20(24)28-12-14-10-16(21)18-17(11-14)26-7-4-8-27-18/h3,5,9-11H,1,4,6-8,12H2,2H3. The maximum atomic E-state index is 6.40. The summed E-state index contributed by atoms with van der Waals surface area (Å²) in [6, 6.07) is 5.79. The molecule has 0 amide bonds. The topological polar surface area (TPSA) is 62.3 Å². The van der Waals surface area contributed by atoms with Gasteiger partial charge in [0, 0.05) is 18.7 Å². The van der Waals surface area contributed by atoms with Crippen LogP contribution in [0.3, 0.4) is 0 Å². The number of rotatable bonds is 6. The van der Waals surface area contributed by atoms with Gasteiger partial charge < -0.3 is 13.9 Å². The lowest BCUT2D eigenvalue weighted by Crippen LogP contribution is -2.01. The highest BCUT2D eigenvalue weighted by atomic mass is 35.5. The summed E-state index contributed by atoms with van der Waals surface area (Å²) < 4.78 is 18.9. The van der Waals surface area contributed by atoms with Crippen molar-refractivity contribution in [3.8, 4) is 22.9 Å². The van der Waals surface area contributed by atoms with Crippen LogP contribution in [0.4, 0.5) is 0 Å². The van der Waals surface area contributed by atoms with Gasteiger partial charge in [0.25, 0.3) is 0 Å². The second-order valence-electron chi connectivity index (χ2n) is 6.34. The number of hydrogen-bond donors (Lipinski definition) is 0. The van der Waals surface area contributed by atoms with Crippen LogP contribution < -0.4 is 9.47 Å². The number of aromatic nitrogens is 3. The summed E-state index contributed by atoms with van der Waals surface area (Å²) in [5.74, 6) is 3.58. The zero-order valence-corrected chi connectivity index (χ0v) is 17.1. The van der Waals surface area contributed by atoms with Gasteiger partial charge in [-0.05, 0) is 30.7 Å². The quantitative estimate of drug-likeness (QED) is 0.408. The van der Waals surface area contributed by atoms with Crippen molar-refractivity contribution in [3.63, 3.8) is 0 Å². The van der Waals surface area contributed by atoms with Gasteiger partial charge in [0.05, 0.1) is 30.1 Å². The van der Waals surface area contributed by atoms with E-state index in [1.807, 2.05) is 35.8 Å². The van der Waals surface area contributed by atoms with Gasteiger partial charge in [-0.15, -0.1) is 16.8 Å². The van der Waals surface area contributed by atoms with Crippen molar-refractivity contribution in [1.29, 1.82) is 0 Å². The molecular weight excluding hydrogens is 398 g/mol. The Bertz CT molecular complexity index is 999. The highest BCUT2D eigenvalue weighted by Crippen LogP contribution is 2.39. The number of fused-ring (bicyclic) bond motifs is 1. The first-order chi connectivity index (χ1) is 13.7. The Morgan fingerprint density at radius 3 is 2.93 bits per heavy atom. The Morgan fingerprint density at radius 2 is 2.14 bits per heavy atom. The van der Waals surface area contributed by atoms with Crippen LogP contribution in [-0.2, 0) is 12.3 Å². The van der Waals surface area contributed by atoms with E-state index in [1.54, 1.807) is 18.0 Å². The highest BCUT2D eigenvalue weighted by Gasteiger charge is 2.19. The van der Waals surface area contributed by atoms with Crippen LogP contribution in [0.5, 0.6) is 11.5 Å². The second kappa shape index (κ2) is 8.32. The molecule has 3 heterocycles. The van der Waals surface area contributed by atoms with Crippen LogP contribution in [0.15, 0.2) is 46.7 Å². The number of halogens is 1. The first-order valence-electron chi connectivity index (χ1n) is 8.96. The fourth-order valence-electron chi connectivity index (χ4n) is 3.02. The molecule has 0 radical (unpaired) electrons. The Labute approximate surface area is 172 Å². The molecule has 1 aromatic carbocycles. The van der Waals surface area contributed by atoms with Crippen molar-refractivity contribution in [2.24, 2.45) is 0 Å². The molecule has 0 saturated carbocycles. The molecule has 0 fully saturated rings. The van der Waals surface area contributed by atoms with E-state index in [-0.39, 0.29) is 0 Å². The fraction of sp³-hybridized carbons (Fsp3) is 0.300. The van der Waals surface area contributed by atoms with Gasteiger partial charge in [0.1, 0.15) is 5.76 Å². The van der Waals surface area contributed by atoms with Gasteiger partial charge >= 0.3 is 0 Å². The molecule has 0 aliphatic carbocycles. The Kier molecular flexibility index (Phi) is 5.64. The molecule has 1 aliphatic heterocycles. The van der Waals surface area contributed by atoms with Crippen LogP contribution in [0, 0.1) is 6.92 Å². The third kappa shape index (κ3) is 3.77. The largest absolute Gasteiger partial charge is 0.489 e. The van der Waals surface area contributed by atoms with E-state index in [2.05, 4.69) is 16.8 Å². The molecule has 8 heteroatoms. The number of aryl methyl sites for hydroxylation is 1. The normalized spacial score (nSPS) is 13.4. The minimum Gasteiger partial charge on any atom is -0.489 e. The number of thioether (sulfide) groups is 1. The lowest BCUT2D eigenvalue weighted by Gasteiger charge is -2.12. The number of furan rings is 1. The molecule has 28 heavy (non-hydrogen) atoms. The SMILES string of the molecule is C=CCn1c(SCc2cc(Cl)c3c(c2)OCCCO3)nnc1-c1ccoc1C. The zero-order valence-electron chi connectivity index (χ0n) is 15.5. The van der Waals surface area contributed by atoms with Gasteiger partial charge in [-0.3, -0.25) is 4.57 Å². The summed E-state index contributed by atoms with van der Waals surface area (Å²) in [6.45, 7) is 7.61. The number of allylic oxidation sites excluding steroid dienone is 1. The minimum atomic E-state index is 0.567. The van der Waals surface area contributed by atoms with Gasteiger partial charge in [-0.2, -0.15) is 0 Å². The molecule has 0 saturated heterocycles. The average Bonchev–Trinajstić information content (AvgIpc) is 3.18. The van der Waals surface area contributed by atoms with E-state index in [0.29, 0.717) is 42.0 Å². The molecule has 0 atom stereocenters. The lowest BCUT2D eigenvalue weighted by molar-refractivity contribution is 0.297. The lowest BCUT2D eigenvalue weighted by atomic mass is 10.2. The monoisotopic (exact) mass is 417 g/mol. The summed E-state index contributed by atoms with van der Waals surface area (Å²) in [5.41, 5.74) is 1.97.